The van der Waals surface area contributed by atoms with Gasteiger partial charge in [0.2, 0.25) is 0 Å². The van der Waals surface area contributed by atoms with Crippen LogP contribution in [0.2, 0.25) is 0 Å². The van der Waals surface area contributed by atoms with Gasteiger partial charge in [-0.2, -0.15) is 13.2 Å². The van der Waals surface area contributed by atoms with Gasteiger partial charge in [0.25, 0.3) is 0 Å². The predicted molar refractivity (Wildman–Crippen MR) is 49.1 cm³/mol. The molecule has 0 radical (unpaired) electrons. The second kappa shape index (κ2) is 4.57. The molecule has 0 saturated carbocycles. The summed E-state index contributed by atoms with van der Waals surface area (Å²) in [6.45, 7) is 1.88. The maximum Gasteiger partial charge on any atom is 0.433 e. The van der Waals surface area contributed by atoms with Gasteiger partial charge in [-0.1, -0.05) is 0 Å². The average Bonchev–Trinajstić information content (AvgIpc) is 2.12. The van der Waals surface area contributed by atoms with E-state index in [1.54, 1.807) is 0 Å². The Morgan fingerprint density at radius 2 is 2.00 bits per heavy atom. The summed E-state index contributed by atoms with van der Waals surface area (Å²) < 4.78 is 37.1. The molecule has 0 fully saturated rings. The Balaban J connectivity index is 2.95. The molecule has 0 bridgehead atoms. The van der Waals surface area contributed by atoms with Crippen molar-refractivity contribution in [2.75, 3.05) is 6.54 Å². The molecule has 0 aliphatic carbocycles. The zero-order valence-electron chi connectivity index (χ0n) is 8.30. The van der Waals surface area contributed by atoms with Gasteiger partial charge < -0.3 is 5.73 Å². The predicted octanol–water partition coefficient (Wildman–Crippen LogP) is 1.70. The summed E-state index contributed by atoms with van der Waals surface area (Å²) in [4.78, 5) is 7.26. The molecule has 6 heteroatoms. The van der Waals surface area contributed by atoms with Crippen LogP contribution in [0.15, 0.2) is 6.07 Å². The normalized spacial score (nSPS) is 11.8. The third-order valence-corrected chi connectivity index (χ3v) is 1.82. The Morgan fingerprint density at radius 3 is 2.53 bits per heavy atom. The van der Waals surface area contributed by atoms with Crippen LogP contribution in [0, 0.1) is 6.92 Å². The van der Waals surface area contributed by atoms with Crippen LogP contribution in [-0.4, -0.2) is 16.5 Å². The lowest BCUT2D eigenvalue weighted by atomic mass is 10.2. The van der Waals surface area contributed by atoms with Crippen LogP contribution in [0.25, 0.3) is 0 Å². The molecule has 2 N–H and O–H groups in total. The zero-order valence-corrected chi connectivity index (χ0v) is 8.30. The van der Waals surface area contributed by atoms with E-state index in [0.29, 0.717) is 25.1 Å². The quantitative estimate of drug-likeness (QED) is 0.841. The molecule has 0 aliphatic heterocycles. The molecule has 0 saturated heterocycles. The topological polar surface area (TPSA) is 51.8 Å². The van der Waals surface area contributed by atoms with Crippen molar-refractivity contribution >= 4 is 0 Å². The van der Waals surface area contributed by atoms with Crippen LogP contribution >= 0.6 is 0 Å². The van der Waals surface area contributed by atoms with E-state index in [2.05, 4.69) is 9.97 Å². The van der Waals surface area contributed by atoms with Crippen LogP contribution in [0.3, 0.4) is 0 Å². The maximum absolute atomic E-state index is 12.4. The van der Waals surface area contributed by atoms with Crippen LogP contribution in [0.5, 0.6) is 0 Å². The summed E-state index contributed by atoms with van der Waals surface area (Å²) in [6, 6.07) is 0.975. The zero-order chi connectivity index (χ0) is 11.5. The molecule has 1 aromatic rings. The van der Waals surface area contributed by atoms with Crippen molar-refractivity contribution < 1.29 is 13.2 Å². The van der Waals surface area contributed by atoms with Gasteiger partial charge in [0.05, 0.1) is 0 Å². The summed E-state index contributed by atoms with van der Waals surface area (Å²) in [6.07, 6.45) is -3.35. The number of aryl methyl sites for hydroxylation is 2. The smallest absolute Gasteiger partial charge is 0.330 e. The summed E-state index contributed by atoms with van der Waals surface area (Å²) in [7, 11) is 0. The molecular weight excluding hydrogens is 207 g/mol. The molecule has 0 unspecified atom stereocenters. The highest BCUT2D eigenvalue weighted by Crippen LogP contribution is 2.27. The molecule has 0 spiro atoms. The van der Waals surface area contributed by atoms with Crippen LogP contribution < -0.4 is 5.73 Å². The number of halogens is 3. The Morgan fingerprint density at radius 1 is 1.33 bits per heavy atom. The van der Waals surface area contributed by atoms with Crippen molar-refractivity contribution in [2.24, 2.45) is 5.73 Å². The van der Waals surface area contributed by atoms with E-state index in [0.717, 1.165) is 6.07 Å². The van der Waals surface area contributed by atoms with Crippen molar-refractivity contribution in [3.8, 4) is 0 Å². The molecule has 15 heavy (non-hydrogen) atoms. The van der Waals surface area contributed by atoms with Gasteiger partial charge in [0.1, 0.15) is 11.5 Å². The summed E-state index contributed by atoms with van der Waals surface area (Å²) in [5.41, 5.74) is 4.77. The average molecular weight is 219 g/mol. The number of alkyl halides is 3. The number of nitrogens with zero attached hydrogens (tertiary/aromatic N) is 2. The highest BCUT2D eigenvalue weighted by Gasteiger charge is 2.33. The minimum absolute atomic E-state index is 0.136. The molecule has 0 aliphatic rings. The first-order valence-electron chi connectivity index (χ1n) is 4.55. The Hall–Kier alpha value is -1.17. The monoisotopic (exact) mass is 219 g/mol. The highest BCUT2D eigenvalue weighted by atomic mass is 19.4. The summed E-state index contributed by atoms with van der Waals surface area (Å²) in [5, 5.41) is 0. The molecule has 1 aromatic heterocycles. The lowest BCUT2D eigenvalue weighted by Crippen LogP contribution is -2.12. The molecule has 0 amide bonds. The van der Waals surface area contributed by atoms with Gasteiger partial charge in [-0.15, -0.1) is 0 Å². The lowest BCUT2D eigenvalue weighted by molar-refractivity contribution is -0.141. The minimum atomic E-state index is -4.41. The third kappa shape index (κ3) is 3.47. The second-order valence-corrected chi connectivity index (χ2v) is 3.18. The fourth-order valence-electron chi connectivity index (χ4n) is 1.19. The first-order chi connectivity index (χ1) is 6.93. The second-order valence-electron chi connectivity index (χ2n) is 3.18. The van der Waals surface area contributed by atoms with E-state index in [4.69, 9.17) is 5.73 Å². The fourth-order valence-corrected chi connectivity index (χ4v) is 1.19. The molecule has 0 atom stereocenters. The molecular formula is C9H12F3N3. The van der Waals surface area contributed by atoms with Crippen molar-refractivity contribution in [3.63, 3.8) is 0 Å². The highest BCUT2D eigenvalue weighted by molar-refractivity contribution is 5.13. The van der Waals surface area contributed by atoms with Gasteiger partial charge in [-0.05, 0) is 32.4 Å². The molecule has 1 rings (SSSR count). The number of hydrogen-bond donors (Lipinski definition) is 1. The van der Waals surface area contributed by atoms with Gasteiger partial charge in [0.15, 0.2) is 0 Å². The Bertz CT molecular complexity index is 336. The number of aromatic nitrogens is 2. The number of rotatable bonds is 3. The standard InChI is InChI=1S/C9H12F3N3/c1-6-14-7(3-2-4-13)5-8(15-6)9(10,11)12/h5H,2-4,13H2,1H3. The molecule has 84 valence electrons. The largest absolute Gasteiger partial charge is 0.433 e. The minimum Gasteiger partial charge on any atom is -0.330 e. The number of nitrogens with two attached hydrogens (primary N) is 1. The molecule has 3 nitrogen and oxygen atoms in total. The fraction of sp³-hybridized carbons (Fsp3) is 0.556. The van der Waals surface area contributed by atoms with E-state index in [1.165, 1.54) is 6.92 Å². The van der Waals surface area contributed by atoms with Gasteiger partial charge >= 0.3 is 6.18 Å². The van der Waals surface area contributed by atoms with Crippen molar-refractivity contribution in [1.29, 1.82) is 0 Å². The van der Waals surface area contributed by atoms with Gasteiger partial charge in [0, 0.05) is 5.69 Å². The van der Waals surface area contributed by atoms with Crippen molar-refractivity contribution in [1.82, 2.24) is 9.97 Å². The van der Waals surface area contributed by atoms with E-state index < -0.39 is 11.9 Å². The first-order valence-corrected chi connectivity index (χ1v) is 4.55. The SMILES string of the molecule is Cc1nc(CCCN)cc(C(F)(F)F)n1. The van der Waals surface area contributed by atoms with E-state index in [1.807, 2.05) is 0 Å². The maximum atomic E-state index is 12.4. The number of hydrogen-bond acceptors (Lipinski definition) is 3. The third-order valence-electron chi connectivity index (χ3n) is 1.82. The van der Waals surface area contributed by atoms with Crippen molar-refractivity contribution in [2.45, 2.75) is 25.9 Å². The van der Waals surface area contributed by atoms with E-state index in [9.17, 15) is 13.2 Å². The Kier molecular flexibility index (Phi) is 3.62. The first kappa shape index (κ1) is 11.9. The van der Waals surface area contributed by atoms with Crippen LogP contribution in [-0.2, 0) is 12.6 Å². The van der Waals surface area contributed by atoms with Crippen LogP contribution in [0.4, 0.5) is 13.2 Å². The van der Waals surface area contributed by atoms with E-state index >= 15 is 0 Å². The van der Waals surface area contributed by atoms with Crippen molar-refractivity contribution in [3.05, 3.63) is 23.3 Å². The Labute approximate surface area is 85.5 Å². The molecule has 1 heterocycles. The van der Waals surface area contributed by atoms with Gasteiger partial charge in [-0.25, -0.2) is 9.97 Å². The van der Waals surface area contributed by atoms with Crippen LogP contribution in [0.1, 0.15) is 23.6 Å². The lowest BCUT2D eigenvalue weighted by Gasteiger charge is -2.08. The molecule has 0 aromatic carbocycles. The van der Waals surface area contributed by atoms with Gasteiger partial charge in [-0.3, -0.25) is 0 Å². The van der Waals surface area contributed by atoms with E-state index in [-0.39, 0.29) is 5.82 Å². The summed E-state index contributed by atoms with van der Waals surface area (Å²) >= 11 is 0. The summed E-state index contributed by atoms with van der Waals surface area (Å²) in [5.74, 6) is 0.136.